The van der Waals surface area contributed by atoms with Crippen LogP contribution in [0.4, 0.5) is 8.78 Å². The van der Waals surface area contributed by atoms with Crippen molar-refractivity contribution in [2.45, 2.75) is 26.5 Å². The summed E-state index contributed by atoms with van der Waals surface area (Å²) in [6.45, 7) is -0.660. The largest absolute Gasteiger partial charge is 0.480 e. The zero-order valence-electron chi connectivity index (χ0n) is 16.7. The van der Waals surface area contributed by atoms with Crippen molar-refractivity contribution in [1.82, 2.24) is 24.9 Å². The normalized spacial score (nSPS) is 10.9. The van der Waals surface area contributed by atoms with Gasteiger partial charge in [0.15, 0.2) is 5.82 Å². The summed E-state index contributed by atoms with van der Waals surface area (Å²) in [4.78, 5) is 14.5. The van der Waals surface area contributed by atoms with Crippen molar-refractivity contribution in [3.8, 4) is 17.4 Å². The highest BCUT2D eigenvalue weighted by Crippen LogP contribution is 2.19. The van der Waals surface area contributed by atoms with Gasteiger partial charge in [0.1, 0.15) is 5.75 Å². The number of ether oxygens (including phenoxy) is 2. The second-order valence-corrected chi connectivity index (χ2v) is 6.39. The van der Waals surface area contributed by atoms with Crippen LogP contribution >= 0.6 is 0 Å². The SMILES string of the molecule is CCc1c(C(=O)N(C)Cc2ccc(OC(F)F)cc2)cnn1-c1ccc(OC)nn1. The summed E-state index contributed by atoms with van der Waals surface area (Å²) in [7, 11) is 3.16. The number of aromatic nitrogens is 4. The van der Waals surface area contributed by atoms with Gasteiger partial charge in [0.2, 0.25) is 5.88 Å². The molecule has 0 aliphatic heterocycles. The number of nitrogens with zero attached hydrogens (tertiary/aromatic N) is 5. The van der Waals surface area contributed by atoms with E-state index in [9.17, 15) is 13.6 Å². The lowest BCUT2D eigenvalue weighted by Gasteiger charge is -2.18. The lowest BCUT2D eigenvalue weighted by atomic mass is 10.1. The molecule has 0 saturated heterocycles. The summed E-state index contributed by atoms with van der Waals surface area (Å²) in [6.07, 6.45) is 2.06. The predicted molar refractivity (Wildman–Crippen MR) is 104 cm³/mol. The number of carbonyl (C=O) groups is 1. The van der Waals surface area contributed by atoms with E-state index in [0.29, 0.717) is 35.9 Å². The van der Waals surface area contributed by atoms with Gasteiger partial charge in [0.25, 0.3) is 5.91 Å². The fourth-order valence-electron chi connectivity index (χ4n) is 2.95. The number of rotatable bonds is 8. The van der Waals surface area contributed by atoms with E-state index in [2.05, 4.69) is 20.0 Å². The Bertz CT molecular complexity index is 991. The zero-order chi connectivity index (χ0) is 21.7. The van der Waals surface area contributed by atoms with E-state index in [-0.39, 0.29) is 11.7 Å². The van der Waals surface area contributed by atoms with Gasteiger partial charge in [-0.3, -0.25) is 4.79 Å². The lowest BCUT2D eigenvalue weighted by Crippen LogP contribution is -2.27. The Balaban J connectivity index is 1.76. The van der Waals surface area contributed by atoms with E-state index >= 15 is 0 Å². The number of halogens is 2. The second kappa shape index (κ2) is 9.29. The summed E-state index contributed by atoms with van der Waals surface area (Å²) in [5.41, 5.74) is 1.93. The molecule has 0 unspecified atom stereocenters. The Morgan fingerprint density at radius 3 is 2.47 bits per heavy atom. The number of benzene rings is 1. The highest BCUT2D eigenvalue weighted by atomic mass is 19.3. The molecule has 2 aromatic heterocycles. The molecule has 30 heavy (non-hydrogen) atoms. The summed E-state index contributed by atoms with van der Waals surface area (Å²) in [5.74, 6) is 0.708. The van der Waals surface area contributed by atoms with Crippen LogP contribution in [0.25, 0.3) is 5.82 Å². The molecule has 0 bridgehead atoms. The Morgan fingerprint density at radius 1 is 1.17 bits per heavy atom. The molecule has 0 saturated carbocycles. The van der Waals surface area contributed by atoms with Gasteiger partial charge in [-0.05, 0) is 30.2 Å². The minimum atomic E-state index is -2.88. The van der Waals surface area contributed by atoms with Crippen LogP contribution in [-0.4, -0.2) is 51.6 Å². The third kappa shape index (κ3) is 4.70. The fourth-order valence-corrected chi connectivity index (χ4v) is 2.95. The Hall–Kier alpha value is -3.56. The quantitative estimate of drug-likeness (QED) is 0.560. The topological polar surface area (TPSA) is 82.4 Å². The maximum Gasteiger partial charge on any atom is 0.387 e. The standard InChI is InChI=1S/C20H21F2N5O3/c1-4-16-15(11-23-27(16)17-9-10-18(29-3)25-24-17)19(28)26(2)12-13-5-7-14(8-6-13)30-20(21)22/h5-11,20H,4,12H2,1-3H3. The third-order valence-corrected chi connectivity index (χ3v) is 4.40. The average Bonchev–Trinajstić information content (AvgIpc) is 3.18. The van der Waals surface area contributed by atoms with Gasteiger partial charge in [-0.25, -0.2) is 4.68 Å². The molecule has 10 heteroatoms. The smallest absolute Gasteiger partial charge is 0.387 e. The molecule has 158 valence electrons. The van der Waals surface area contributed by atoms with Crippen molar-refractivity contribution >= 4 is 5.91 Å². The molecule has 0 atom stereocenters. The number of alkyl halides is 2. The molecule has 1 aromatic carbocycles. The van der Waals surface area contributed by atoms with Gasteiger partial charge in [-0.15, -0.1) is 10.2 Å². The summed E-state index contributed by atoms with van der Waals surface area (Å²) in [5, 5.41) is 12.3. The van der Waals surface area contributed by atoms with Crippen LogP contribution in [0, 0.1) is 0 Å². The van der Waals surface area contributed by atoms with Gasteiger partial charge in [-0.1, -0.05) is 19.1 Å². The fraction of sp³-hybridized carbons (Fsp3) is 0.300. The Morgan fingerprint density at radius 2 is 1.90 bits per heavy atom. The molecule has 0 radical (unpaired) electrons. The molecule has 0 aliphatic carbocycles. The van der Waals surface area contributed by atoms with Crippen LogP contribution in [0.1, 0.15) is 28.5 Å². The zero-order valence-corrected chi connectivity index (χ0v) is 16.7. The predicted octanol–water partition coefficient (Wildman–Crippen LogP) is 3.11. The van der Waals surface area contributed by atoms with E-state index in [0.717, 1.165) is 5.56 Å². The van der Waals surface area contributed by atoms with Crippen molar-refractivity contribution < 1.29 is 23.0 Å². The lowest BCUT2D eigenvalue weighted by molar-refractivity contribution is -0.0498. The van der Waals surface area contributed by atoms with Gasteiger partial charge >= 0.3 is 6.61 Å². The molecule has 0 N–H and O–H groups in total. The third-order valence-electron chi connectivity index (χ3n) is 4.40. The second-order valence-electron chi connectivity index (χ2n) is 6.39. The van der Waals surface area contributed by atoms with Crippen LogP contribution in [0.15, 0.2) is 42.6 Å². The first kappa shape index (κ1) is 21.2. The van der Waals surface area contributed by atoms with Gasteiger partial charge < -0.3 is 14.4 Å². The first-order chi connectivity index (χ1) is 14.4. The number of methoxy groups -OCH3 is 1. The van der Waals surface area contributed by atoms with Crippen molar-refractivity contribution in [1.29, 1.82) is 0 Å². The Labute approximate surface area is 172 Å². The molecule has 0 aliphatic rings. The molecular weight excluding hydrogens is 396 g/mol. The summed E-state index contributed by atoms with van der Waals surface area (Å²) in [6, 6.07) is 9.53. The molecule has 8 nitrogen and oxygen atoms in total. The van der Waals surface area contributed by atoms with Crippen molar-refractivity contribution in [3.05, 3.63) is 59.4 Å². The molecule has 1 amide bonds. The van der Waals surface area contributed by atoms with Gasteiger partial charge in [0.05, 0.1) is 24.6 Å². The summed E-state index contributed by atoms with van der Waals surface area (Å²) < 4.78 is 35.4. The molecule has 0 fully saturated rings. The van der Waals surface area contributed by atoms with Gasteiger partial charge in [0, 0.05) is 19.7 Å². The highest BCUT2D eigenvalue weighted by molar-refractivity contribution is 5.95. The first-order valence-corrected chi connectivity index (χ1v) is 9.17. The molecule has 3 aromatic rings. The van der Waals surface area contributed by atoms with Crippen LogP contribution < -0.4 is 9.47 Å². The minimum Gasteiger partial charge on any atom is -0.480 e. The van der Waals surface area contributed by atoms with E-state index in [4.69, 9.17) is 4.74 Å². The van der Waals surface area contributed by atoms with Crippen molar-refractivity contribution in [3.63, 3.8) is 0 Å². The van der Waals surface area contributed by atoms with Crippen LogP contribution in [-0.2, 0) is 13.0 Å². The van der Waals surface area contributed by atoms with Crippen LogP contribution in [0.5, 0.6) is 11.6 Å². The van der Waals surface area contributed by atoms with E-state index < -0.39 is 6.61 Å². The Kier molecular flexibility index (Phi) is 6.55. The number of amides is 1. The maximum atomic E-state index is 13.0. The molecule has 3 rings (SSSR count). The highest BCUT2D eigenvalue weighted by Gasteiger charge is 2.21. The number of hydrogen-bond donors (Lipinski definition) is 0. The van der Waals surface area contributed by atoms with E-state index in [1.165, 1.54) is 30.3 Å². The summed E-state index contributed by atoms with van der Waals surface area (Å²) >= 11 is 0. The molecule has 2 heterocycles. The van der Waals surface area contributed by atoms with E-state index in [1.807, 2.05) is 6.92 Å². The van der Waals surface area contributed by atoms with Gasteiger partial charge in [-0.2, -0.15) is 13.9 Å². The maximum absolute atomic E-state index is 13.0. The number of carbonyl (C=O) groups excluding carboxylic acids is 1. The first-order valence-electron chi connectivity index (χ1n) is 9.17. The molecular formula is C20H21F2N5O3. The molecule has 0 spiro atoms. The van der Waals surface area contributed by atoms with Crippen molar-refractivity contribution in [2.75, 3.05) is 14.2 Å². The van der Waals surface area contributed by atoms with Crippen LogP contribution in [0.3, 0.4) is 0 Å². The minimum absolute atomic E-state index is 0.0675. The monoisotopic (exact) mass is 417 g/mol. The number of hydrogen-bond acceptors (Lipinski definition) is 6. The van der Waals surface area contributed by atoms with Crippen molar-refractivity contribution in [2.24, 2.45) is 0 Å². The average molecular weight is 417 g/mol. The van der Waals surface area contributed by atoms with E-state index in [1.54, 1.807) is 36.0 Å². The van der Waals surface area contributed by atoms with Crippen LogP contribution in [0.2, 0.25) is 0 Å².